The second-order valence-electron chi connectivity index (χ2n) is 4.32. The van der Waals surface area contributed by atoms with Crippen LogP contribution in [0.3, 0.4) is 0 Å². The van der Waals surface area contributed by atoms with Crippen molar-refractivity contribution in [1.29, 1.82) is 5.26 Å². The normalized spacial score (nSPS) is 14.3. The Hall–Kier alpha value is -1.67. The molecule has 96 valence electrons. The summed E-state index contributed by atoms with van der Waals surface area (Å²) < 4.78 is 32.7. The van der Waals surface area contributed by atoms with E-state index in [2.05, 4.69) is 0 Å². The van der Waals surface area contributed by atoms with Gasteiger partial charge in [0, 0.05) is 19.7 Å². The van der Waals surface area contributed by atoms with E-state index in [0.717, 1.165) is 25.0 Å². The van der Waals surface area contributed by atoms with E-state index in [9.17, 15) is 8.78 Å². The van der Waals surface area contributed by atoms with Crippen LogP contribution < -0.4 is 4.90 Å². The van der Waals surface area contributed by atoms with E-state index in [1.165, 1.54) is 0 Å². The van der Waals surface area contributed by atoms with E-state index in [0.29, 0.717) is 13.2 Å². The third-order valence-electron chi connectivity index (χ3n) is 2.96. The highest BCUT2D eigenvalue weighted by molar-refractivity contribution is 5.54. The summed E-state index contributed by atoms with van der Waals surface area (Å²) >= 11 is 0. The Balaban J connectivity index is 2.32. The Morgan fingerprint density at radius 3 is 2.44 bits per heavy atom. The molecule has 1 aromatic rings. The average Bonchev–Trinajstić information content (AvgIpc) is 3.16. The lowest BCUT2D eigenvalue weighted by molar-refractivity contribution is 0.204. The van der Waals surface area contributed by atoms with Gasteiger partial charge in [-0.3, -0.25) is 0 Å². The van der Waals surface area contributed by atoms with Gasteiger partial charge < -0.3 is 9.64 Å². The quantitative estimate of drug-likeness (QED) is 0.807. The van der Waals surface area contributed by atoms with Crippen LogP contribution in [-0.2, 0) is 4.74 Å². The first-order valence-electron chi connectivity index (χ1n) is 5.82. The number of anilines is 1. The maximum Gasteiger partial charge on any atom is 0.150 e. The van der Waals surface area contributed by atoms with E-state index in [1.807, 2.05) is 0 Å². The summed E-state index contributed by atoms with van der Waals surface area (Å²) in [6.45, 7) is 0.857. The molecule has 0 N–H and O–H groups in total. The van der Waals surface area contributed by atoms with Crippen molar-refractivity contribution in [2.24, 2.45) is 0 Å². The Morgan fingerprint density at radius 1 is 1.39 bits per heavy atom. The molecule has 0 aliphatic heterocycles. The number of ether oxygens (including phenoxy) is 1. The van der Waals surface area contributed by atoms with Crippen LogP contribution in [0.5, 0.6) is 0 Å². The van der Waals surface area contributed by atoms with Gasteiger partial charge in [-0.15, -0.1) is 0 Å². The molecule has 0 aromatic heterocycles. The predicted octanol–water partition coefficient (Wildman–Crippen LogP) is 2.45. The van der Waals surface area contributed by atoms with Gasteiger partial charge in [0.1, 0.15) is 5.69 Å². The summed E-state index contributed by atoms with van der Waals surface area (Å²) in [7, 11) is 1.55. The van der Waals surface area contributed by atoms with Gasteiger partial charge in [0.25, 0.3) is 0 Å². The summed E-state index contributed by atoms with van der Waals surface area (Å²) in [5.74, 6) is -1.37. The molecule has 1 aromatic carbocycles. The van der Waals surface area contributed by atoms with Gasteiger partial charge in [0.15, 0.2) is 11.6 Å². The van der Waals surface area contributed by atoms with Gasteiger partial charge in [-0.1, -0.05) is 0 Å². The van der Waals surface area contributed by atoms with E-state index in [4.69, 9.17) is 10.00 Å². The zero-order valence-electron chi connectivity index (χ0n) is 10.1. The van der Waals surface area contributed by atoms with Crippen LogP contribution in [0, 0.1) is 23.0 Å². The molecule has 0 heterocycles. The molecule has 0 spiro atoms. The summed E-state index contributed by atoms with van der Waals surface area (Å²) in [4.78, 5) is 1.69. The highest BCUT2D eigenvalue weighted by atomic mass is 19.1. The van der Waals surface area contributed by atoms with Crippen LogP contribution in [0.2, 0.25) is 0 Å². The lowest BCUT2D eigenvalue weighted by Gasteiger charge is -2.25. The third-order valence-corrected chi connectivity index (χ3v) is 2.96. The first-order valence-corrected chi connectivity index (χ1v) is 5.82. The summed E-state index contributed by atoms with van der Waals surface area (Å²) in [5, 5.41) is 8.66. The van der Waals surface area contributed by atoms with Crippen LogP contribution in [0.25, 0.3) is 0 Å². The van der Waals surface area contributed by atoms with E-state index < -0.39 is 11.6 Å². The van der Waals surface area contributed by atoms with Crippen LogP contribution in [0.4, 0.5) is 14.5 Å². The molecule has 0 saturated heterocycles. The molecule has 0 bridgehead atoms. The number of nitrogens with zero attached hydrogens (tertiary/aromatic N) is 2. The lowest BCUT2D eigenvalue weighted by Crippen LogP contribution is -2.31. The molecular formula is C13H14F2N2O. The Bertz CT molecular complexity index is 457. The van der Waals surface area contributed by atoms with Gasteiger partial charge >= 0.3 is 0 Å². The summed E-state index contributed by atoms with van der Waals surface area (Å²) in [6.07, 6.45) is 1.87. The zero-order valence-corrected chi connectivity index (χ0v) is 10.1. The molecule has 0 unspecified atom stereocenters. The number of nitriles is 1. The average molecular weight is 252 g/mol. The maximum absolute atomic E-state index is 13.9. The minimum atomic E-state index is -0.686. The van der Waals surface area contributed by atoms with E-state index >= 15 is 0 Å². The number of methoxy groups -OCH3 is 1. The molecular weight excluding hydrogens is 238 g/mol. The molecule has 1 saturated carbocycles. The molecule has 3 nitrogen and oxygen atoms in total. The molecule has 5 heteroatoms. The summed E-state index contributed by atoms with van der Waals surface area (Å²) in [6, 6.07) is 4.06. The lowest BCUT2D eigenvalue weighted by atomic mass is 10.2. The Kier molecular flexibility index (Phi) is 3.78. The largest absolute Gasteiger partial charge is 0.383 e. The van der Waals surface area contributed by atoms with Crippen molar-refractivity contribution in [2.45, 2.75) is 18.9 Å². The Labute approximate surface area is 105 Å². The van der Waals surface area contributed by atoms with Crippen molar-refractivity contribution in [3.8, 4) is 6.07 Å². The SMILES string of the molecule is COCCN(c1c(F)cc(C#N)cc1F)C1CC1. The Morgan fingerprint density at radius 2 is 2.00 bits per heavy atom. The monoisotopic (exact) mass is 252 g/mol. The smallest absolute Gasteiger partial charge is 0.150 e. The van der Waals surface area contributed by atoms with Gasteiger partial charge in [0.05, 0.1) is 18.2 Å². The van der Waals surface area contributed by atoms with Crippen LogP contribution >= 0.6 is 0 Å². The first-order chi connectivity index (χ1) is 8.67. The number of hydrogen-bond acceptors (Lipinski definition) is 3. The number of halogens is 2. The van der Waals surface area contributed by atoms with Crippen molar-refractivity contribution in [3.63, 3.8) is 0 Å². The molecule has 0 atom stereocenters. The second kappa shape index (κ2) is 5.32. The molecule has 2 rings (SSSR count). The molecule has 18 heavy (non-hydrogen) atoms. The standard InChI is InChI=1S/C13H14F2N2O/c1-18-5-4-17(10-2-3-10)13-11(14)6-9(8-16)7-12(13)15/h6-7,10H,2-5H2,1H3. The topological polar surface area (TPSA) is 36.3 Å². The summed E-state index contributed by atoms with van der Waals surface area (Å²) in [5.41, 5.74) is -0.0511. The van der Waals surface area contributed by atoms with E-state index in [1.54, 1.807) is 18.1 Å². The van der Waals surface area contributed by atoms with Crippen molar-refractivity contribution in [3.05, 3.63) is 29.3 Å². The highest BCUT2D eigenvalue weighted by Crippen LogP contribution is 2.34. The highest BCUT2D eigenvalue weighted by Gasteiger charge is 2.32. The fourth-order valence-corrected chi connectivity index (χ4v) is 1.96. The first kappa shape index (κ1) is 12.8. The maximum atomic E-state index is 13.9. The van der Waals surface area contributed by atoms with Crippen LogP contribution in [0.15, 0.2) is 12.1 Å². The predicted molar refractivity (Wildman–Crippen MR) is 63.3 cm³/mol. The van der Waals surface area contributed by atoms with Crippen molar-refractivity contribution in [2.75, 3.05) is 25.2 Å². The fraction of sp³-hybridized carbons (Fsp3) is 0.462. The van der Waals surface area contributed by atoms with Crippen molar-refractivity contribution >= 4 is 5.69 Å². The zero-order chi connectivity index (χ0) is 13.1. The van der Waals surface area contributed by atoms with Gasteiger partial charge in [-0.05, 0) is 25.0 Å². The number of hydrogen-bond donors (Lipinski definition) is 0. The van der Waals surface area contributed by atoms with E-state index in [-0.39, 0.29) is 17.3 Å². The fourth-order valence-electron chi connectivity index (χ4n) is 1.96. The molecule has 1 fully saturated rings. The van der Waals surface area contributed by atoms with Crippen LogP contribution in [0.1, 0.15) is 18.4 Å². The van der Waals surface area contributed by atoms with Crippen molar-refractivity contribution in [1.82, 2.24) is 0 Å². The second-order valence-corrected chi connectivity index (χ2v) is 4.32. The van der Waals surface area contributed by atoms with Gasteiger partial charge in [-0.25, -0.2) is 8.78 Å². The van der Waals surface area contributed by atoms with Crippen molar-refractivity contribution < 1.29 is 13.5 Å². The van der Waals surface area contributed by atoms with Crippen LogP contribution in [-0.4, -0.2) is 26.3 Å². The molecule has 0 radical (unpaired) electrons. The molecule has 0 amide bonds. The third kappa shape index (κ3) is 2.59. The molecule has 1 aliphatic carbocycles. The molecule has 1 aliphatic rings. The van der Waals surface area contributed by atoms with Gasteiger partial charge in [-0.2, -0.15) is 5.26 Å². The number of rotatable bonds is 5. The van der Waals surface area contributed by atoms with Gasteiger partial charge in [0.2, 0.25) is 0 Å². The minimum absolute atomic E-state index is 0.00348. The number of benzene rings is 1. The minimum Gasteiger partial charge on any atom is -0.383 e.